The van der Waals surface area contributed by atoms with Gasteiger partial charge in [-0.1, -0.05) is 23.2 Å². The van der Waals surface area contributed by atoms with Gasteiger partial charge in [-0.2, -0.15) is 13.2 Å². The lowest BCUT2D eigenvalue weighted by atomic mass is 10.1. The molecule has 14 nitrogen and oxygen atoms in total. The zero-order valence-corrected chi connectivity index (χ0v) is 39.6. The Hall–Kier alpha value is -7.78. The molecule has 4 heterocycles. The molecule has 22 heteroatoms. The molecule has 4 N–H and O–H groups in total. The van der Waals surface area contributed by atoms with Gasteiger partial charge in [0.25, 0.3) is 11.8 Å². The van der Waals surface area contributed by atoms with Crippen LogP contribution in [-0.2, 0) is 6.18 Å². The maximum Gasteiger partial charge on any atom is 0.417 e. The molecule has 0 bridgehead atoms. The van der Waals surface area contributed by atoms with Gasteiger partial charge in [0.05, 0.1) is 50.1 Å². The van der Waals surface area contributed by atoms with E-state index in [0.29, 0.717) is 39.6 Å². The quantitative estimate of drug-likeness (QED) is 0.0962. The lowest BCUT2D eigenvalue weighted by Gasteiger charge is -2.28. The van der Waals surface area contributed by atoms with Crippen LogP contribution in [0.5, 0.6) is 23.0 Å². The minimum atomic E-state index is -4.73. The van der Waals surface area contributed by atoms with Crippen LogP contribution in [-0.4, -0.2) is 84.1 Å². The van der Waals surface area contributed by atoms with Crippen LogP contribution >= 0.6 is 23.2 Å². The van der Waals surface area contributed by atoms with Crippen molar-refractivity contribution >= 4 is 80.1 Å². The number of hydrogen-bond donors (Lipinski definition) is 4. The van der Waals surface area contributed by atoms with Crippen molar-refractivity contribution in [1.82, 2.24) is 30.6 Å². The first-order valence-corrected chi connectivity index (χ1v) is 23.2. The molecule has 8 aromatic rings. The molecule has 0 atom stereocenters. The number of fused-ring (bicyclic) bond motifs is 2. The monoisotopic (exact) mass is 1040 g/mol. The first-order chi connectivity index (χ1) is 35.1. The lowest BCUT2D eigenvalue weighted by molar-refractivity contribution is -0.137. The summed E-state index contributed by atoms with van der Waals surface area (Å²) >= 11 is 11.3. The van der Waals surface area contributed by atoms with Gasteiger partial charge in [0.15, 0.2) is 0 Å². The van der Waals surface area contributed by atoms with Crippen molar-refractivity contribution in [2.75, 3.05) is 72.8 Å². The molecule has 0 saturated carbocycles. The maximum absolute atomic E-state index is 14.3. The number of carbonyl (C=O) groups is 2. The summed E-state index contributed by atoms with van der Waals surface area (Å²) in [4.78, 5) is 47.6. The van der Waals surface area contributed by atoms with Gasteiger partial charge < -0.3 is 40.5 Å². The van der Waals surface area contributed by atoms with Gasteiger partial charge in [-0.3, -0.25) is 19.6 Å². The van der Waals surface area contributed by atoms with Gasteiger partial charge in [-0.15, -0.1) is 0 Å². The molecule has 2 aliphatic heterocycles. The van der Waals surface area contributed by atoms with E-state index < -0.39 is 46.0 Å². The molecule has 73 heavy (non-hydrogen) atoms. The number of amides is 2. The fourth-order valence-corrected chi connectivity index (χ4v) is 8.11. The number of nitrogens with one attached hydrogen (secondary N) is 4. The Morgan fingerprint density at radius 3 is 1.44 bits per heavy atom. The number of nitrogens with zero attached hydrogens (tertiary/aromatic N) is 6. The summed E-state index contributed by atoms with van der Waals surface area (Å²) in [6, 6.07) is 24.0. The normalized spacial score (nSPS) is 13.8. The van der Waals surface area contributed by atoms with Crippen molar-refractivity contribution in [2.24, 2.45) is 0 Å². The van der Waals surface area contributed by atoms with Crippen LogP contribution in [0.4, 0.5) is 49.4 Å². The summed E-state index contributed by atoms with van der Waals surface area (Å²) < 4.78 is 93.4. The Balaban J connectivity index is 0.000000180. The number of aromatic nitrogens is 4. The van der Waals surface area contributed by atoms with Crippen LogP contribution in [0.3, 0.4) is 0 Å². The Kier molecular flexibility index (Phi) is 15.1. The second-order valence-electron chi connectivity index (χ2n) is 16.5. The van der Waals surface area contributed by atoms with E-state index in [1.54, 1.807) is 48.8 Å². The van der Waals surface area contributed by atoms with Crippen LogP contribution in [0.2, 0.25) is 10.0 Å². The Labute approximate surface area is 422 Å². The molecule has 2 aromatic heterocycles. The number of ether oxygens (including phenoxy) is 2. The molecule has 374 valence electrons. The van der Waals surface area contributed by atoms with Crippen molar-refractivity contribution in [2.45, 2.75) is 6.18 Å². The maximum atomic E-state index is 14.3. The Bertz CT molecular complexity index is 3360. The highest BCUT2D eigenvalue weighted by molar-refractivity contribution is 6.31. The molecule has 2 aliphatic rings. The fraction of sp³-hybridized carbons (Fsp3) is 0.176. The highest BCUT2D eigenvalue weighted by atomic mass is 35.5. The minimum Gasteiger partial charge on any atom is -0.457 e. The Morgan fingerprint density at radius 1 is 0.534 bits per heavy atom. The van der Waals surface area contributed by atoms with Gasteiger partial charge in [0, 0.05) is 111 Å². The predicted molar refractivity (Wildman–Crippen MR) is 266 cm³/mol. The first kappa shape index (κ1) is 50.2. The SMILES string of the molecule is O=C(Nc1cc(F)cc(Oc2ccc3ncc(N4CCNCC4)nc3c2)c1)c1ccc(Cl)c(C(F)(F)F)c1.O=C(Nc1cc(F)cc(Oc2ccc3ncc(N4CCNCC4)nc3c2)c1)c1ccc(Cl)c(F)c1. The summed E-state index contributed by atoms with van der Waals surface area (Å²) in [6.45, 7) is 6.77. The van der Waals surface area contributed by atoms with E-state index in [1.807, 2.05) is 0 Å². The average molecular weight is 1040 g/mol. The van der Waals surface area contributed by atoms with E-state index in [-0.39, 0.29) is 39.0 Å². The fourth-order valence-electron chi connectivity index (χ4n) is 7.77. The first-order valence-electron chi connectivity index (χ1n) is 22.5. The van der Waals surface area contributed by atoms with Crippen LogP contribution in [0.15, 0.2) is 122 Å². The molecular weight excluding hydrogens is 1000 g/mol. The van der Waals surface area contributed by atoms with Gasteiger partial charge >= 0.3 is 6.18 Å². The van der Waals surface area contributed by atoms with Crippen molar-refractivity contribution in [3.05, 3.63) is 166 Å². The number of anilines is 4. The summed E-state index contributed by atoms with van der Waals surface area (Å²) in [7, 11) is 0. The van der Waals surface area contributed by atoms with Crippen LogP contribution in [0.25, 0.3) is 22.1 Å². The van der Waals surface area contributed by atoms with E-state index in [2.05, 4.69) is 46.0 Å². The van der Waals surface area contributed by atoms with E-state index >= 15 is 0 Å². The molecule has 2 fully saturated rings. The molecule has 10 rings (SSSR count). The van der Waals surface area contributed by atoms with Crippen LogP contribution in [0, 0.1) is 17.5 Å². The molecule has 0 spiro atoms. The molecule has 6 aromatic carbocycles. The number of alkyl halides is 3. The smallest absolute Gasteiger partial charge is 0.417 e. The number of halogens is 8. The van der Waals surface area contributed by atoms with E-state index in [4.69, 9.17) is 37.7 Å². The van der Waals surface area contributed by atoms with E-state index in [9.17, 15) is 35.9 Å². The number of carbonyl (C=O) groups excluding carboxylic acids is 2. The topological polar surface area (TPSA) is 159 Å². The zero-order valence-electron chi connectivity index (χ0n) is 38.0. The van der Waals surface area contributed by atoms with Crippen molar-refractivity contribution in [1.29, 1.82) is 0 Å². The van der Waals surface area contributed by atoms with Crippen molar-refractivity contribution < 1.29 is 45.4 Å². The number of rotatable bonds is 10. The highest BCUT2D eigenvalue weighted by Crippen LogP contribution is 2.36. The third-order valence-corrected chi connectivity index (χ3v) is 12.0. The predicted octanol–water partition coefficient (Wildman–Crippen LogP) is 10.9. The summed E-state index contributed by atoms with van der Waals surface area (Å²) in [6.07, 6.45) is -1.26. The van der Waals surface area contributed by atoms with E-state index in [0.717, 1.165) is 100 Å². The highest BCUT2D eigenvalue weighted by Gasteiger charge is 2.34. The van der Waals surface area contributed by atoms with Gasteiger partial charge in [-0.05, 0) is 72.8 Å². The summed E-state index contributed by atoms with van der Waals surface area (Å²) in [5, 5.41) is 10.9. The third kappa shape index (κ3) is 12.6. The largest absolute Gasteiger partial charge is 0.457 e. The van der Waals surface area contributed by atoms with Crippen molar-refractivity contribution in [3.63, 3.8) is 0 Å². The molecule has 2 saturated heterocycles. The zero-order chi connectivity index (χ0) is 51.2. The van der Waals surface area contributed by atoms with Gasteiger partial charge in [0.1, 0.15) is 52.1 Å². The van der Waals surface area contributed by atoms with Gasteiger partial charge in [-0.25, -0.2) is 23.1 Å². The number of benzene rings is 6. The second-order valence-corrected chi connectivity index (χ2v) is 17.3. The van der Waals surface area contributed by atoms with E-state index in [1.165, 1.54) is 30.3 Å². The molecule has 2 amide bonds. The van der Waals surface area contributed by atoms with Gasteiger partial charge in [0.2, 0.25) is 0 Å². The summed E-state index contributed by atoms with van der Waals surface area (Å²) in [5.74, 6) is -0.968. The molecule has 0 aliphatic carbocycles. The number of hydrogen-bond acceptors (Lipinski definition) is 12. The van der Waals surface area contributed by atoms with Crippen LogP contribution in [0.1, 0.15) is 26.3 Å². The average Bonchev–Trinajstić information content (AvgIpc) is 3.37. The molecule has 0 unspecified atom stereocenters. The standard InChI is InChI=1S/C26H20ClF4N5O2.C25H20ClF2N5O2/c27-21-3-1-15(9-20(21)26(29,30)31)25(37)34-17-10-16(28)11-19(12-17)38-18-2-4-22-23(13-18)35-24(14-33-22)36-7-5-32-6-8-36;26-20-3-1-15(9-21(20)28)25(34)31-17-10-16(27)11-19(12-17)35-18-2-4-22-23(13-18)32-24(14-30-22)33-7-5-29-6-8-33/h1-4,9-14,32H,5-8H2,(H,34,37);1-4,9-14,29H,5-8H2,(H,31,34). The lowest BCUT2D eigenvalue weighted by Crippen LogP contribution is -2.43. The summed E-state index contributed by atoms with van der Waals surface area (Å²) in [5.41, 5.74) is 1.36. The number of piperazine rings is 2. The Morgan fingerprint density at radius 2 is 0.986 bits per heavy atom. The second kappa shape index (κ2) is 21.9. The van der Waals surface area contributed by atoms with Crippen molar-refractivity contribution in [3.8, 4) is 23.0 Å². The molecular formula is C51H40Cl2F6N10O4. The minimum absolute atomic E-state index is 0.00455. The van der Waals surface area contributed by atoms with Crippen LogP contribution < -0.4 is 40.5 Å². The molecule has 0 radical (unpaired) electrons. The third-order valence-electron chi connectivity index (χ3n) is 11.3.